The Labute approximate surface area is 148 Å². The average Bonchev–Trinajstić information content (AvgIpc) is 3.07. The van der Waals surface area contributed by atoms with Crippen molar-refractivity contribution in [3.8, 4) is 0 Å². The fraction of sp³-hybridized carbons (Fsp3) is 0.579. The highest BCUT2D eigenvalue weighted by molar-refractivity contribution is 5.83. The summed E-state index contributed by atoms with van der Waals surface area (Å²) in [5, 5.41) is 15.6. The van der Waals surface area contributed by atoms with Crippen LogP contribution in [0.5, 0.6) is 0 Å². The van der Waals surface area contributed by atoms with Crippen LogP contribution in [0.15, 0.2) is 24.3 Å². The molecule has 0 saturated carbocycles. The fourth-order valence-electron chi connectivity index (χ4n) is 3.53. The molecule has 136 valence electrons. The third-order valence-corrected chi connectivity index (χ3v) is 5.17. The van der Waals surface area contributed by atoms with Crippen molar-refractivity contribution in [1.29, 1.82) is 0 Å². The van der Waals surface area contributed by atoms with Crippen molar-refractivity contribution in [3.05, 3.63) is 35.4 Å². The van der Waals surface area contributed by atoms with Gasteiger partial charge in [0.05, 0.1) is 12.1 Å². The van der Waals surface area contributed by atoms with Crippen LogP contribution in [0, 0.1) is 12.8 Å². The van der Waals surface area contributed by atoms with Crippen LogP contribution in [0.25, 0.3) is 0 Å². The van der Waals surface area contributed by atoms with E-state index in [1.54, 1.807) is 0 Å². The Morgan fingerprint density at radius 1 is 1.24 bits per heavy atom. The molecule has 2 aliphatic heterocycles. The predicted molar refractivity (Wildman–Crippen MR) is 94.7 cm³/mol. The summed E-state index contributed by atoms with van der Waals surface area (Å²) < 4.78 is 0. The van der Waals surface area contributed by atoms with E-state index in [4.69, 9.17) is 0 Å². The molecule has 2 amide bonds. The smallest absolute Gasteiger partial charge is 0.239 e. The van der Waals surface area contributed by atoms with E-state index in [0.29, 0.717) is 45.4 Å². The number of likely N-dealkylation sites (tertiary alicyclic amines) is 1. The predicted octanol–water partition coefficient (Wildman–Crippen LogP) is 0.573. The van der Waals surface area contributed by atoms with Crippen LogP contribution in [0.2, 0.25) is 0 Å². The van der Waals surface area contributed by atoms with Crippen molar-refractivity contribution in [2.75, 3.05) is 19.6 Å². The van der Waals surface area contributed by atoms with Gasteiger partial charge in [-0.25, -0.2) is 0 Å². The van der Waals surface area contributed by atoms with Crippen LogP contribution in [0.3, 0.4) is 0 Å². The monoisotopic (exact) mass is 345 g/mol. The number of hydrogen-bond donors (Lipinski definition) is 3. The zero-order chi connectivity index (χ0) is 17.8. The summed E-state index contributed by atoms with van der Waals surface area (Å²) in [5.74, 6) is 0.0915. The van der Waals surface area contributed by atoms with Gasteiger partial charge >= 0.3 is 0 Å². The number of aryl methyl sites for hydroxylation is 1. The molecule has 3 rings (SSSR count). The van der Waals surface area contributed by atoms with E-state index in [1.807, 2.05) is 36.1 Å². The van der Waals surface area contributed by atoms with Crippen molar-refractivity contribution in [1.82, 2.24) is 15.5 Å². The molecule has 0 spiro atoms. The molecule has 0 bridgehead atoms. The van der Waals surface area contributed by atoms with Crippen molar-refractivity contribution in [3.63, 3.8) is 0 Å². The average molecular weight is 345 g/mol. The molecule has 2 saturated heterocycles. The Morgan fingerprint density at radius 2 is 1.92 bits per heavy atom. The first-order valence-corrected chi connectivity index (χ1v) is 9.06. The van der Waals surface area contributed by atoms with E-state index >= 15 is 0 Å². The van der Waals surface area contributed by atoms with Crippen molar-refractivity contribution in [2.24, 2.45) is 5.92 Å². The quantitative estimate of drug-likeness (QED) is 0.745. The second-order valence-electron chi connectivity index (χ2n) is 7.15. The van der Waals surface area contributed by atoms with Crippen LogP contribution >= 0.6 is 0 Å². The zero-order valence-corrected chi connectivity index (χ0v) is 14.7. The summed E-state index contributed by atoms with van der Waals surface area (Å²) in [4.78, 5) is 26.6. The minimum atomic E-state index is -0.431. The number of carbonyl (C=O) groups is 2. The van der Waals surface area contributed by atoms with Gasteiger partial charge in [0.2, 0.25) is 11.8 Å². The maximum atomic E-state index is 12.4. The molecule has 0 unspecified atom stereocenters. The molecule has 25 heavy (non-hydrogen) atoms. The first kappa shape index (κ1) is 17.9. The van der Waals surface area contributed by atoms with Gasteiger partial charge in [-0.05, 0) is 31.7 Å². The van der Waals surface area contributed by atoms with Gasteiger partial charge < -0.3 is 20.6 Å². The van der Waals surface area contributed by atoms with Gasteiger partial charge in [0.25, 0.3) is 0 Å². The van der Waals surface area contributed by atoms with E-state index in [2.05, 4.69) is 10.6 Å². The van der Waals surface area contributed by atoms with E-state index in [9.17, 15) is 14.7 Å². The SMILES string of the molecule is Cc1ccc(CNC(=O)C2CCN(C(=O)[C@H]3C[C@H](O)CN3)CC2)cc1. The van der Waals surface area contributed by atoms with Gasteiger partial charge in [0.15, 0.2) is 0 Å². The van der Waals surface area contributed by atoms with Crippen LogP contribution < -0.4 is 10.6 Å². The molecular weight excluding hydrogens is 318 g/mol. The molecule has 6 nitrogen and oxygen atoms in total. The van der Waals surface area contributed by atoms with Crippen molar-refractivity contribution < 1.29 is 14.7 Å². The number of rotatable bonds is 4. The minimum absolute atomic E-state index is 0.0309. The van der Waals surface area contributed by atoms with Gasteiger partial charge in [0, 0.05) is 32.1 Å². The number of benzene rings is 1. The fourth-order valence-corrected chi connectivity index (χ4v) is 3.53. The lowest BCUT2D eigenvalue weighted by Gasteiger charge is -2.33. The molecule has 0 aromatic heterocycles. The summed E-state index contributed by atoms with van der Waals surface area (Å²) >= 11 is 0. The van der Waals surface area contributed by atoms with Crippen molar-refractivity contribution in [2.45, 2.75) is 44.9 Å². The Morgan fingerprint density at radius 3 is 2.52 bits per heavy atom. The second-order valence-corrected chi connectivity index (χ2v) is 7.15. The standard InChI is InChI=1S/C19H27N3O3/c1-13-2-4-14(5-3-13)11-21-18(24)15-6-8-22(9-7-15)19(25)17-10-16(23)12-20-17/h2-5,15-17,20,23H,6-12H2,1H3,(H,21,24)/t16-,17+/m0/s1. The number of nitrogens with one attached hydrogen (secondary N) is 2. The van der Waals surface area contributed by atoms with E-state index in [-0.39, 0.29) is 23.8 Å². The summed E-state index contributed by atoms with van der Waals surface area (Å²) in [6.45, 7) is 4.28. The van der Waals surface area contributed by atoms with Crippen LogP contribution in [-0.4, -0.2) is 53.6 Å². The highest BCUT2D eigenvalue weighted by atomic mass is 16.3. The van der Waals surface area contributed by atoms with E-state index in [0.717, 1.165) is 5.56 Å². The molecule has 0 aliphatic carbocycles. The highest BCUT2D eigenvalue weighted by Crippen LogP contribution is 2.20. The minimum Gasteiger partial charge on any atom is -0.392 e. The molecule has 1 aromatic carbocycles. The van der Waals surface area contributed by atoms with Gasteiger partial charge in [-0.2, -0.15) is 0 Å². The number of carbonyl (C=O) groups excluding carboxylic acids is 2. The summed E-state index contributed by atoms with van der Waals surface area (Å²) in [5.41, 5.74) is 2.30. The van der Waals surface area contributed by atoms with E-state index < -0.39 is 6.10 Å². The molecule has 2 aliphatic rings. The first-order valence-electron chi connectivity index (χ1n) is 9.06. The Hall–Kier alpha value is -1.92. The van der Waals surface area contributed by atoms with Crippen LogP contribution in [-0.2, 0) is 16.1 Å². The highest BCUT2D eigenvalue weighted by Gasteiger charge is 2.34. The van der Waals surface area contributed by atoms with Crippen LogP contribution in [0.1, 0.15) is 30.4 Å². The molecule has 1 aromatic rings. The van der Waals surface area contributed by atoms with Crippen LogP contribution in [0.4, 0.5) is 0 Å². The second kappa shape index (κ2) is 7.97. The Kier molecular flexibility index (Phi) is 5.71. The molecule has 0 radical (unpaired) electrons. The molecule has 2 atom stereocenters. The third kappa shape index (κ3) is 4.58. The number of aliphatic hydroxyl groups excluding tert-OH is 1. The number of nitrogens with zero attached hydrogens (tertiary/aromatic N) is 1. The number of piperidine rings is 1. The summed E-state index contributed by atoms with van der Waals surface area (Å²) in [6.07, 6.45) is 1.44. The number of β-amino-alcohol motifs (C(OH)–C–C–N with tert-alkyl or cyclic N) is 1. The van der Waals surface area contributed by atoms with Gasteiger partial charge in [0.1, 0.15) is 0 Å². The largest absolute Gasteiger partial charge is 0.392 e. The Bertz CT molecular complexity index is 609. The number of hydrogen-bond acceptors (Lipinski definition) is 4. The Balaban J connectivity index is 1.43. The van der Waals surface area contributed by atoms with Gasteiger partial charge in [-0.3, -0.25) is 9.59 Å². The van der Waals surface area contributed by atoms with E-state index in [1.165, 1.54) is 5.56 Å². The maximum absolute atomic E-state index is 12.4. The normalized spacial score (nSPS) is 24.3. The molecule has 6 heteroatoms. The molecule has 3 N–H and O–H groups in total. The molecular formula is C19H27N3O3. The summed E-state index contributed by atoms with van der Waals surface area (Å²) in [7, 11) is 0. The van der Waals surface area contributed by atoms with Crippen molar-refractivity contribution >= 4 is 11.8 Å². The zero-order valence-electron chi connectivity index (χ0n) is 14.7. The third-order valence-electron chi connectivity index (χ3n) is 5.17. The maximum Gasteiger partial charge on any atom is 0.239 e. The number of amides is 2. The molecule has 2 heterocycles. The lowest BCUT2D eigenvalue weighted by Crippen LogP contribution is -2.48. The molecule has 2 fully saturated rings. The first-order chi connectivity index (χ1) is 12.0. The summed E-state index contributed by atoms with van der Waals surface area (Å²) in [6, 6.07) is 7.86. The van der Waals surface area contributed by atoms with Gasteiger partial charge in [-0.1, -0.05) is 29.8 Å². The van der Waals surface area contributed by atoms with Gasteiger partial charge in [-0.15, -0.1) is 0 Å². The number of aliphatic hydroxyl groups is 1. The topological polar surface area (TPSA) is 81.7 Å². The lowest BCUT2D eigenvalue weighted by atomic mass is 9.95. The lowest BCUT2D eigenvalue weighted by molar-refractivity contribution is -0.137.